The fourth-order valence-corrected chi connectivity index (χ4v) is 2.29. The lowest BCUT2D eigenvalue weighted by atomic mass is 10.2. The number of benzene rings is 1. The molecule has 88 valence electrons. The molecule has 0 saturated carbocycles. The summed E-state index contributed by atoms with van der Waals surface area (Å²) < 4.78 is 0. The Morgan fingerprint density at radius 1 is 1.12 bits per heavy atom. The number of hydrogen-bond donors (Lipinski definition) is 2. The molecule has 1 aromatic carbocycles. The summed E-state index contributed by atoms with van der Waals surface area (Å²) in [6, 6.07) is 8.03. The number of nitrogens with two attached hydrogens (primary N) is 1. The zero-order valence-electron chi connectivity index (χ0n) is 9.56. The largest absolute Gasteiger partial charge is 0.356 e. The van der Waals surface area contributed by atoms with Gasteiger partial charge in [-0.25, -0.2) is 10.8 Å². The second-order valence-corrected chi connectivity index (χ2v) is 4.23. The van der Waals surface area contributed by atoms with Crippen LogP contribution in [0, 0.1) is 0 Å². The van der Waals surface area contributed by atoms with Crippen LogP contribution in [0.5, 0.6) is 0 Å². The van der Waals surface area contributed by atoms with Gasteiger partial charge in [0.1, 0.15) is 5.82 Å². The molecule has 3 rings (SSSR count). The first-order chi connectivity index (χ1) is 8.38. The molecule has 1 aliphatic heterocycles. The molecule has 0 aliphatic carbocycles. The molecule has 0 spiro atoms. The van der Waals surface area contributed by atoms with Gasteiger partial charge in [0.05, 0.1) is 5.52 Å². The number of aromatic nitrogens is 2. The van der Waals surface area contributed by atoms with Gasteiger partial charge in [-0.2, -0.15) is 4.98 Å². The Morgan fingerprint density at radius 3 is 2.65 bits per heavy atom. The number of nitrogen functional groups attached to an aromatic ring is 1. The Balaban J connectivity index is 2.19. The quantitative estimate of drug-likeness (QED) is 0.603. The highest BCUT2D eigenvalue weighted by atomic mass is 15.3. The van der Waals surface area contributed by atoms with Gasteiger partial charge in [0.2, 0.25) is 5.95 Å². The first-order valence-corrected chi connectivity index (χ1v) is 5.87. The number of rotatable bonds is 2. The molecule has 2 aromatic rings. The van der Waals surface area contributed by atoms with Crippen LogP contribution >= 0.6 is 0 Å². The maximum absolute atomic E-state index is 5.41. The molecule has 0 radical (unpaired) electrons. The van der Waals surface area contributed by atoms with E-state index in [1.807, 2.05) is 18.2 Å². The van der Waals surface area contributed by atoms with E-state index < -0.39 is 0 Å². The van der Waals surface area contributed by atoms with Crippen molar-refractivity contribution in [1.82, 2.24) is 9.97 Å². The van der Waals surface area contributed by atoms with Crippen LogP contribution in [-0.4, -0.2) is 23.1 Å². The minimum Gasteiger partial charge on any atom is -0.356 e. The van der Waals surface area contributed by atoms with Crippen LogP contribution in [0.25, 0.3) is 10.9 Å². The molecule has 5 heteroatoms. The third kappa shape index (κ3) is 1.78. The first kappa shape index (κ1) is 10.3. The molecule has 2 heterocycles. The van der Waals surface area contributed by atoms with Crippen molar-refractivity contribution in [2.45, 2.75) is 12.8 Å². The maximum Gasteiger partial charge on any atom is 0.239 e. The minimum absolute atomic E-state index is 0.477. The topological polar surface area (TPSA) is 67.1 Å². The summed E-state index contributed by atoms with van der Waals surface area (Å²) in [4.78, 5) is 11.1. The Morgan fingerprint density at radius 2 is 1.88 bits per heavy atom. The molecule has 17 heavy (non-hydrogen) atoms. The summed E-state index contributed by atoms with van der Waals surface area (Å²) in [7, 11) is 0. The molecule has 0 amide bonds. The highest BCUT2D eigenvalue weighted by Gasteiger charge is 2.17. The second-order valence-electron chi connectivity index (χ2n) is 4.23. The molecular weight excluding hydrogens is 214 g/mol. The van der Waals surface area contributed by atoms with Gasteiger partial charge in [0.25, 0.3) is 0 Å². The highest BCUT2D eigenvalue weighted by Crippen LogP contribution is 2.27. The van der Waals surface area contributed by atoms with Gasteiger partial charge in [0, 0.05) is 18.5 Å². The summed E-state index contributed by atoms with van der Waals surface area (Å²) in [5, 5.41) is 1.09. The monoisotopic (exact) mass is 229 g/mol. The average Bonchev–Trinajstić information content (AvgIpc) is 2.91. The fourth-order valence-electron chi connectivity index (χ4n) is 2.29. The molecule has 1 aliphatic rings. The van der Waals surface area contributed by atoms with E-state index in [9.17, 15) is 0 Å². The van der Waals surface area contributed by atoms with E-state index in [0.717, 1.165) is 29.8 Å². The van der Waals surface area contributed by atoms with Gasteiger partial charge in [-0.1, -0.05) is 12.1 Å². The summed E-state index contributed by atoms with van der Waals surface area (Å²) in [6.07, 6.45) is 2.45. The van der Waals surface area contributed by atoms with Gasteiger partial charge in [-0.3, -0.25) is 5.43 Å². The van der Waals surface area contributed by atoms with Crippen molar-refractivity contribution in [1.29, 1.82) is 0 Å². The Hall–Kier alpha value is -1.88. The van der Waals surface area contributed by atoms with Crippen molar-refractivity contribution in [3.05, 3.63) is 24.3 Å². The summed E-state index contributed by atoms with van der Waals surface area (Å²) >= 11 is 0. The minimum atomic E-state index is 0.477. The number of para-hydroxylation sites is 1. The van der Waals surface area contributed by atoms with Crippen LogP contribution in [-0.2, 0) is 0 Å². The first-order valence-electron chi connectivity index (χ1n) is 5.87. The number of anilines is 2. The smallest absolute Gasteiger partial charge is 0.239 e. The van der Waals surface area contributed by atoms with Crippen molar-refractivity contribution in [3.63, 3.8) is 0 Å². The standard InChI is InChI=1S/C12H15N5/c13-16-12-14-10-6-2-1-5-9(10)11(15-12)17-7-3-4-8-17/h1-2,5-6H,3-4,7-8,13H2,(H,14,15,16). The predicted molar refractivity (Wildman–Crippen MR) is 68.8 cm³/mol. The molecule has 0 bridgehead atoms. The molecule has 1 aromatic heterocycles. The number of nitrogens with one attached hydrogen (secondary N) is 1. The van der Waals surface area contributed by atoms with Crippen LogP contribution in [0.3, 0.4) is 0 Å². The van der Waals surface area contributed by atoms with E-state index in [1.165, 1.54) is 12.8 Å². The van der Waals surface area contributed by atoms with E-state index in [2.05, 4.69) is 26.4 Å². The molecule has 5 nitrogen and oxygen atoms in total. The highest BCUT2D eigenvalue weighted by molar-refractivity contribution is 5.90. The zero-order chi connectivity index (χ0) is 11.7. The lowest BCUT2D eigenvalue weighted by Crippen LogP contribution is -2.21. The SMILES string of the molecule is NNc1nc(N2CCCC2)c2ccccc2n1. The van der Waals surface area contributed by atoms with E-state index in [4.69, 9.17) is 5.84 Å². The summed E-state index contributed by atoms with van der Waals surface area (Å²) in [5.41, 5.74) is 3.46. The van der Waals surface area contributed by atoms with Crippen LogP contribution < -0.4 is 16.2 Å². The molecular formula is C12H15N5. The van der Waals surface area contributed by atoms with E-state index in [0.29, 0.717) is 5.95 Å². The fraction of sp³-hybridized carbons (Fsp3) is 0.333. The Kier molecular flexibility index (Phi) is 2.53. The molecule has 1 saturated heterocycles. The van der Waals surface area contributed by atoms with Crippen molar-refractivity contribution in [3.8, 4) is 0 Å². The molecule has 1 fully saturated rings. The molecule has 0 unspecified atom stereocenters. The predicted octanol–water partition coefficient (Wildman–Crippen LogP) is 1.52. The van der Waals surface area contributed by atoms with E-state index in [-0.39, 0.29) is 0 Å². The van der Waals surface area contributed by atoms with E-state index >= 15 is 0 Å². The third-order valence-electron chi connectivity index (χ3n) is 3.12. The molecule has 3 N–H and O–H groups in total. The van der Waals surface area contributed by atoms with Crippen LogP contribution in [0.15, 0.2) is 24.3 Å². The third-order valence-corrected chi connectivity index (χ3v) is 3.12. The van der Waals surface area contributed by atoms with Crippen LogP contribution in [0.1, 0.15) is 12.8 Å². The number of nitrogens with zero attached hydrogens (tertiary/aromatic N) is 3. The second kappa shape index (κ2) is 4.18. The normalized spacial score (nSPS) is 15.5. The van der Waals surface area contributed by atoms with Gasteiger partial charge in [-0.15, -0.1) is 0 Å². The summed E-state index contributed by atoms with van der Waals surface area (Å²) in [5.74, 6) is 6.88. The number of hydrazine groups is 1. The van der Waals surface area contributed by atoms with E-state index in [1.54, 1.807) is 0 Å². The lowest BCUT2D eigenvalue weighted by molar-refractivity contribution is 0.938. The Labute approximate surface area is 99.6 Å². The number of hydrogen-bond acceptors (Lipinski definition) is 5. The van der Waals surface area contributed by atoms with Gasteiger partial charge in [-0.05, 0) is 25.0 Å². The average molecular weight is 229 g/mol. The van der Waals surface area contributed by atoms with Crippen molar-refractivity contribution >= 4 is 22.7 Å². The number of fused-ring (bicyclic) bond motifs is 1. The van der Waals surface area contributed by atoms with Gasteiger partial charge < -0.3 is 4.90 Å². The zero-order valence-corrected chi connectivity index (χ0v) is 9.56. The van der Waals surface area contributed by atoms with Crippen LogP contribution in [0.2, 0.25) is 0 Å². The lowest BCUT2D eigenvalue weighted by Gasteiger charge is -2.18. The van der Waals surface area contributed by atoms with Gasteiger partial charge in [0.15, 0.2) is 0 Å². The maximum atomic E-state index is 5.41. The summed E-state index contributed by atoms with van der Waals surface area (Å²) in [6.45, 7) is 2.12. The van der Waals surface area contributed by atoms with Crippen LogP contribution in [0.4, 0.5) is 11.8 Å². The van der Waals surface area contributed by atoms with Crippen molar-refractivity contribution in [2.24, 2.45) is 5.84 Å². The van der Waals surface area contributed by atoms with Crippen molar-refractivity contribution in [2.75, 3.05) is 23.4 Å². The van der Waals surface area contributed by atoms with Crippen molar-refractivity contribution < 1.29 is 0 Å². The Bertz CT molecular complexity index is 533. The van der Waals surface area contributed by atoms with Gasteiger partial charge >= 0.3 is 0 Å². The molecule has 0 atom stereocenters.